The van der Waals surface area contributed by atoms with E-state index < -0.39 is 0 Å². The van der Waals surface area contributed by atoms with Crippen LogP contribution in [-0.4, -0.2) is 23.9 Å². The number of nitrogens with zero attached hydrogens (tertiary/aromatic N) is 1. The van der Waals surface area contributed by atoms with Crippen molar-refractivity contribution in [3.8, 4) is 0 Å². The zero-order valence-corrected chi connectivity index (χ0v) is 12.1. The molecule has 0 aromatic heterocycles. The summed E-state index contributed by atoms with van der Waals surface area (Å²) < 4.78 is 0.847. The monoisotopic (exact) mass is 315 g/mol. The topological polar surface area (TPSA) is 20.3 Å². The van der Waals surface area contributed by atoms with Gasteiger partial charge in [0.25, 0.3) is 5.91 Å². The van der Waals surface area contributed by atoms with Gasteiger partial charge in [0.2, 0.25) is 0 Å². The van der Waals surface area contributed by atoms with E-state index in [1.807, 2.05) is 11.0 Å². The molecule has 1 aromatic carbocycles. The van der Waals surface area contributed by atoms with E-state index in [0.29, 0.717) is 16.5 Å². The van der Waals surface area contributed by atoms with E-state index in [-0.39, 0.29) is 5.91 Å². The molecule has 1 atom stereocenters. The van der Waals surface area contributed by atoms with Crippen LogP contribution in [0.25, 0.3) is 0 Å². The third kappa shape index (κ3) is 3.02. The average Bonchev–Trinajstić information content (AvgIpc) is 2.75. The summed E-state index contributed by atoms with van der Waals surface area (Å²) in [6, 6.07) is 5.35. The fourth-order valence-electron chi connectivity index (χ4n) is 2.21. The molecule has 17 heavy (non-hydrogen) atoms. The van der Waals surface area contributed by atoms with Gasteiger partial charge in [-0.15, -0.1) is 0 Å². The molecule has 1 amide bonds. The van der Waals surface area contributed by atoms with Gasteiger partial charge in [-0.25, -0.2) is 0 Å². The molecule has 0 spiro atoms. The Hall–Kier alpha value is -0.540. The highest BCUT2D eigenvalue weighted by Crippen LogP contribution is 2.24. The molecule has 1 unspecified atom stereocenters. The maximum Gasteiger partial charge on any atom is 0.253 e. The number of likely N-dealkylation sites (tertiary alicyclic amines) is 1. The Kier molecular flexibility index (Phi) is 4.10. The summed E-state index contributed by atoms with van der Waals surface area (Å²) in [6.07, 6.45) is 2.26. The molecule has 1 aliphatic heterocycles. The summed E-state index contributed by atoms with van der Waals surface area (Å²) >= 11 is 9.32. The van der Waals surface area contributed by atoms with E-state index in [4.69, 9.17) is 11.6 Å². The first kappa shape index (κ1) is 12.9. The summed E-state index contributed by atoms with van der Waals surface area (Å²) in [7, 11) is 0. The second-order valence-corrected chi connectivity index (χ2v) is 5.82. The molecule has 1 fully saturated rings. The second-order valence-electron chi connectivity index (χ2n) is 4.47. The fraction of sp³-hybridized carbons (Fsp3) is 0.462. The summed E-state index contributed by atoms with van der Waals surface area (Å²) in [5.74, 6) is 0.741. The molecule has 0 bridgehead atoms. The molecule has 92 valence electrons. The standard InChI is InChI=1S/C13H15BrClNO/c1-2-9-3-4-16(8-9)13(17)10-5-11(14)7-12(15)6-10/h5-7,9H,2-4,8H2,1H3. The fourth-order valence-corrected chi connectivity index (χ4v) is 3.07. The lowest BCUT2D eigenvalue weighted by Crippen LogP contribution is -2.28. The Morgan fingerprint density at radius 2 is 2.29 bits per heavy atom. The molecule has 1 heterocycles. The van der Waals surface area contributed by atoms with Crippen molar-refractivity contribution >= 4 is 33.4 Å². The number of benzene rings is 1. The largest absolute Gasteiger partial charge is 0.338 e. The minimum absolute atomic E-state index is 0.0872. The molecule has 0 radical (unpaired) electrons. The van der Waals surface area contributed by atoms with E-state index in [1.54, 1.807) is 12.1 Å². The van der Waals surface area contributed by atoms with Crippen LogP contribution in [0, 0.1) is 5.92 Å². The van der Waals surface area contributed by atoms with Crippen molar-refractivity contribution in [2.75, 3.05) is 13.1 Å². The number of hydrogen-bond acceptors (Lipinski definition) is 1. The van der Waals surface area contributed by atoms with Crippen molar-refractivity contribution in [1.29, 1.82) is 0 Å². The van der Waals surface area contributed by atoms with Gasteiger partial charge in [0.1, 0.15) is 0 Å². The first-order valence-electron chi connectivity index (χ1n) is 5.85. The molecule has 1 aromatic rings. The summed E-state index contributed by atoms with van der Waals surface area (Å²) in [5, 5.41) is 0.592. The van der Waals surface area contributed by atoms with E-state index in [1.165, 1.54) is 0 Å². The third-order valence-electron chi connectivity index (χ3n) is 3.26. The van der Waals surface area contributed by atoms with Gasteiger partial charge in [-0.1, -0.05) is 40.9 Å². The van der Waals surface area contributed by atoms with Crippen LogP contribution in [0.4, 0.5) is 0 Å². The van der Waals surface area contributed by atoms with Crippen molar-refractivity contribution in [3.05, 3.63) is 33.3 Å². The SMILES string of the molecule is CCC1CCN(C(=O)c2cc(Cl)cc(Br)c2)C1. The molecule has 1 aliphatic rings. The highest BCUT2D eigenvalue weighted by Gasteiger charge is 2.25. The van der Waals surface area contributed by atoms with Crippen LogP contribution in [0.15, 0.2) is 22.7 Å². The number of carbonyl (C=O) groups is 1. The Bertz CT molecular complexity index is 415. The lowest BCUT2D eigenvalue weighted by molar-refractivity contribution is 0.0787. The zero-order valence-electron chi connectivity index (χ0n) is 9.75. The molecular formula is C13H15BrClNO. The van der Waals surface area contributed by atoms with Crippen LogP contribution in [0.3, 0.4) is 0 Å². The predicted molar refractivity (Wildman–Crippen MR) is 73.5 cm³/mol. The van der Waals surface area contributed by atoms with Crippen molar-refractivity contribution in [2.24, 2.45) is 5.92 Å². The van der Waals surface area contributed by atoms with Gasteiger partial charge in [0, 0.05) is 28.1 Å². The molecule has 0 N–H and O–H groups in total. The van der Waals surface area contributed by atoms with Crippen LogP contribution in [0.1, 0.15) is 30.1 Å². The van der Waals surface area contributed by atoms with Gasteiger partial charge in [0.15, 0.2) is 0 Å². The van der Waals surface area contributed by atoms with Crippen LogP contribution < -0.4 is 0 Å². The number of amides is 1. The maximum atomic E-state index is 12.3. The third-order valence-corrected chi connectivity index (χ3v) is 3.94. The predicted octanol–water partition coefficient (Wildman–Crippen LogP) is 3.97. The first-order chi connectivity index (χ1) is 8.10. The molecule has 0 aliphatic carbocycles. The summed E-state index contributed by atoms with van der Waals surface area (Å²) in [5.41, 5.74) is 0.668. The zero-order chi connectivity index (χ0) is 12.4. The van der Waals surface area contributed by atoms with Crippen LogP contribution >= 0.6 is 27.5 Å². The lowest BCUT2D eigenvalue weighted by atomic mass is 10.1. The normalized spacial score (nSPS) is 19.7. The second kappa shape index (κ2) is 5.40. The number of halogens is 2. The van der Waals surface area contributed by atoms with Crippen LogP contribution in [-0.2, 0) is 0 Å². The molecular weight excluding hydrogens is 302 g/mol. The number of rotatable bonds is 2. The molecule has 2 rings (SSSR count). The molecule has 4 heteroatoms. The van der Waals surface area contributed by atoms with Gasteiger partial charge >= 0.3 is 0 Å². The van der Waals surface area contributed by atoms with E-state index >= 15 is 0 Å². The van der Waals surface area contributed by atoms with Gasteiger partial charge in [-0.05, 0) is 30.5 Å². The van der Waals surface area contributed by atoms with Crippen molar-refractivity contribution in [1.82, 2.24) is 4.90 Å². The van der Waals surface area contributed by atoms with Crippen molar-refractivity contribution in [3.63, 3.8) is 0 Å². The lowest BCUT2D eigenvalue weighted by Gasteiger charge is -2.16. The molecule has 2 nitrogen and oxygen atoms in total. The van der Waals surface area contributed by atoms with E-state index in [9.17, 15) is 4.79 Å². The van der Waals surface area contributed by atoms with Crippen molar-refractivity contribution < 1.29 is 4.79 Å². The van der Waals surface area contributed by atoms with E-state index in [2.05, 4.69) is 22.9 Å². The smallest absolute Gasteiger partial charge is 0.253 e. The summed E-state index contributed by atoms with van der Waals surface area (Å²) in [4.78, 5) is 14.2. The summed E-state index contributed by atoms with van der Waals surface area (Å²) in [6.45, 7) is 3.91. The minimum Gasteiger partial charge on any atom is -0.338 e. The van der Waals surface area contributed by atoms with Gasteiger partial charge < -0.3 is 4.90 Å². The van der Waals surface area contributed by atoms with Gasteiger partial charge in [-0.2, -0.15) is 0 Å². The van der Waals surface area contributed by atoms with Gasteiger partial charge in [-0.3, -0.25) is 4.79 Å². The Morgan fingerprint density at radius 3 is 2.88 bits per heavy atom. The van der Waals surface area contributed by atoms with E-state index in [0.717, 1.165) is 30.4 Å². The minimum atomic E-state index is 0.0872. The molecule has 1 saturated heterocycles. The highest BCUT2D eigenvalue weighted by molar-refractivity contribution is 9.10. The number of carbonyl (C=O) groups excluding carboxylic acids is 1. The maximum absolute atomic E-state index is 12.3. The van der Waals surface area contributed by atoms with Gasteiger partial charge in [0.05, 0.1) is 0 Å². The Labute approximate surface area is 115 Å². The van der Waals surface area contributed by atoms with Crippen LogP contribution in [0.5, 0.6) is 0 Å². The van der Waals surface area contributed by atoms with Crippen molar-refractivity contribution in [2.45, 2.75) is 19.8 Å². The average molecular weight is 317 g/mol. The van der Waals surface area contributed by atoms with Crippen LogP contribution in [0.2, 0.25) is 5.02 Å². The first-order valence-corrected chi connectivity index (χ1v) is 7.02. The Balaban J connectivity index is 2.14. The molecule has 0 saturated carbocycles. The number of hydrogen-bond donors (Lipinski definition) is 0. The quantitative estimate of drug-likeness (QED) is 0.808. The Morgan fingerprint density at radius 1 is 1.53 bits per heavy atom. The highest BCUT2D eigenvalue weighted by atomic mass is 79.9.